The fourth-order valence-corrected chi connectivity index (χ4v) is 4.73. The van der Waals surface area contributed by atoms with E-state index in [-0.39, 0.29) is 5.82 Å². The lowest BCUT2D eigenvalue weighted by molar-refractivity contribution is -0.927. The molecule has 2 heterocycles. The first-order valence-corrected chi connectivity index (χ1v) is 11.5. The summed E-state index contributed by atoms with van der Waals surface area (Å²) in [6.07, 6.45) is 2.47. The van der Waals surface area contributed by atoms with Gasteiger partial charge in [0.15, 0.2) is 5.97 Å². The largest absolute Gasteiger partial charge is 0.539 e. The maximum absolute atomic E-state index is 13.4. The number of piperazine rings is 1. The molecule has 4 rings (SSSR count). The minimum absolute atomic E-state index is 0.134. The third-order valence-electron chi connectivity index (χ3n) is 6.47. The first kappa shape index (κ1) is 25.5. The van der Waals surface area contributed by atoms with E-state index in [1.165, 1.54) is 37.7 Å². The third-order valence-corrected chi connectivity index (χ3v) is 6.47. The van der Waals surface area contributed by atoms with Gasteiger partial charge in [0.25, 0.3) is 0 Å². The molecule has 8 nitrogen and oxygen atoms in total. The molecule has 0 spiro atoms. The number of hydrogen-bond donors (Lipinski definition) is 2. The van der Waals surface area contributed by atoms with Gasteiger partial charge < -0.3 is 29.5 Å². The zero-order valence-corrected chi connectivity index (χ0v) is 19.4. The number of likely N-dealkylation sites (tertiary alicyclic amines) is 1. The summed E-state index contributed by atoms with van der Waals surface area (Å²) in [5, 5.41) is 16.3. The Morgan fingerprint density at radius 1 is 1.09 bits per heavy atom. The number of rotatable bonds is 5. The molecular formula is C25H32FN3O5. The fraction of sp³-hybridized carbons (Fsp3) is 0.440. The van der Waals surface area contributed by atoms with Crippen LogP contribution in [0.1, 0.15) is 18.4 Å². The molecule has 0 aromatic heterocycles. The van der Waals surface area contributed by atoms with Crippen LogP contribution in [0.15, 0.2) is 48.5 Å². The quantitative estimate of drug-likeness (QED) is 0.591. The molecule has 0 unspecified atom stereocenters. The molecule has 2 saturated heterocycles. The molecule has 2 aliphatic rings. The lowest BCUT2D eigenvalue weighted by atomic mass is 10.0. The van der Waals surface area contributed by atoms with Crippen LogP contribution in [0.2, 0.25) is 0 Å². The SMILES string of the molecule is COc1ccccc1N1CC[NH+](C2CCN(Cc3cccc(F)c3)CC2)CC1.O=C([O-])C(=O)O. The second kappa shape index (κ2) is 12.3. The standard InChI is InChI=1S/C23H30FN3O.C2H2O4/c1-28-23-8-3-2-7-22(23)27-15-13-26(14-16-27)21-9-11-25(12-10-21)18-19-5-4-6-20(24)17-19;3-1(4)2(5)6/h2-8,17,21H,9-16,18H2,1H3;(H,3,4)(H,5,6). The monoisotopic (exact) mass is 473 g/mol. The zero-order valence-electron chi connectivity index (χ0n) is 19.4. The van der Waals surface area contributed by atoms with E-state index in [4.69, 9.17) is 24.5 Å². The Labute approximate surface area is 199 Å². The average molecular weight is 474 g/mol. The Morgan fingerprint density at radius 2 is 1.74 bits per heavy atom. The Hall–Kier alpha value is -3.17. The highest BCUT2D eigenvalue weighted by atomic mass is 19.1. The van der Waals surface area contributed by atoms with Crippen molar-refractivity contribution in [2.45, 2.75) is 25.4 Å². The molecule has 0 amide bonds. The fourth-order valence-electron chi connectivity index (χ4n) is 4.73. The number of nitrogens with zero attached hydrogens (tertiary/aromatic N) is 2. The Kier molecular flexibility index (Phi) is 9.24. The minimum atomic E-state index is -2.07. The number of anilines is 1. The molecule has 34 heavy (non-hydrogen) atoms. The third kappa shape index (κ3) is 7.16. The van der Waals surface area contributed by atoms with E-state index < -0.39 is 11.9 Å². The lowest BCUT2D eigenvalue weighted by Gasteiger charge is -2.41. The van der Waals surface area contributed by atoms with Gasteiger partial charge in [-0.05, 0) is 29.8 Å². The molecule has 0 radical (unpaired) electrons. The van der Waals surface area contributed by atoms with Gasteiger partial charge >= 0.3 is 5.97 Å². The van der Waals surface area contributed by atoms with Crippen molar-refractivity contribution in [3.63, 3.8) is 0 Å². The van der Waals surface area contributed by atoms with E-state index in [0.29, 0.717) is 0 Å². The highest BCUT2D eigenvalue weighted by molar-refractivity contribution is 6.26. The number of halogens is 1. The number of carbonyl (C=O) groups excluding carboxylic acids is 1. The normalized spacial score (nSPS) is 17.5. The smallest absolute Gasteiger partial charge is 0.351 e. The van der Waals surface area contributed by atoms with Crippen LogP contribution < -0.4 is 19.6 Å². The maximum Gasteiger partial charge on any atom is 0.351 e. The summed E-state index contributed by atoms with van der Waals surface area (Å²) in [6.45, 7) is 7.63. The molecule has 2 aliphatic heterocycles. The lowest BCUT2D eigenvalue weighted by Crippen LogP contribution is -3.18. The van der Waals surface area contributed by atoms with Gasteiger partial charge in [-0.2, -0.15) is 0 Å². The number of carboxylic acids is 2. The van der Waals surface area contributed by atoms with Crippen LogP contribution >= 0.6 is 0 Å². The van der Waals surface area contributed by atoms with E-state index in [1.54, 1.807) is 18.1 Å². The van der Waals surface area contributed by atoms with Crippen molar-refractivity contribution in [1.29, 1.82) is 0 Å². The molecule has 2 fully saturated rings. The van der Waals surface area contributed by atoms with E-state index in [9.17, 15) is 4.39 Å². The first-order valence-electron chi connectivity index (χ1n) is 11.5. The van der Waals surface area contributed by atoms with Crippen molar-refractivity contribution < 1.29 is 33.8 Å². The zero-order chi connectivity index (χ0) is 24.5. The van der Waals surface area contributed by atoms with Crippen molar-refractivity contribution in [2.75, 3.05) is 51.3 Å². The van der Waals surface area contributed by atoms with Crippen LogP contribution in [-0.2, 0) is 16.1 Å². The molecule has 2 aromatic carbocycles. The summed E-state index contributed by atoms with van der Waals surface area (Å²) in [5.74, 6) is -3.17. The number of hydrogen-bond acceptors (Lipinski definition) is 6. The van der Waals surface area contributed by atoms with Gasteiger partial charge in [-0.1, -0.05) is 24.3 Å². The summed E-state index contributed by atoms with van der Waals surface area (Å²) in [7, 11) is 1.75. The van der Waals surface area contributed by atoms with Crippen LogP contribution in [0.25, 0.3) is 0 Å². The van der Waals surface area contributed by atoms with Crippen molar-refractivity contribution in [1.82, 2.24) is 4.90 Å². The number of ether oxygens (including phenoxy) is 1. The number of methoxy groups -OCH3 is 1. The molecule has 2 N–H and O–H groups in total. The molecule has 0 saturated carbocycles. The Balaban J connectivity index is 0.000000481. The van der Waals surface area contributed by atoms with Gasteiger partial charge in [0.1, 0.15) is 11.6 Å². The number of para-hydroxylation sites is 2. The van der Waals surface area contributed by atoms with E-state index in [2.05, 4.69) is 21.9 Å². The summed E-state index contributed by atoms with van der Waals surface area (Å²) in [5.41, 5.74) is 2.30. The summed E-state index contributed by atoms with van der Waals surface area (Å²) < 4.78 is 18.9. The maximum atomic E-state index is 13.4. The number of aliphatic carboxylic acids is 2. The van der Waals surface area contributed by atoms with Gasteiger partial charge in [0, 0.05) is 32.5 Å². The van der Waals surface area contributed by atoms with Crippen molar-refractivity contribution in [3.8, 4) is 5.75 Å². The van der Waals surface area contributed by atoms with Crippen LogP contribution in [0.4, 0.5) is 10.1 Å². The predicted octanol–water partition coefficient (Wildman–Crippen LogP) is 0.0247. The average Bonchev–Trinajstić information content (AvgIpc) is 2.85. The first-order chi connectivity index (χ1) is 16.4. The molecule has 184 valence electrons. The van der Waals surface area contributed by atoms with Crippen LogP contribution in [0.3, 0.4) is 0 Å². The Bertz CT molecular complexity index is 945. The number of nitrogens with one attached hydrogen (secondary N) is 1. The van der Waals surface area contributed by atoms with Gasteiger partial charge in [0.2, 0.25) is 0 Å². The number of carboxylic acid groups (broad SMARTS) is 2. The van der Waals surface area contributed by atoms with Gasteiger partial charge in [-0.25, -0.2) is 9.18 Å². The Morgan fingerprint density at radius 3 is 2.32 bits per heavy atom. The van der Waals surface area contributed by atoms with E-state index in [1.807, 2.05) is 24.3 Å². The summed E-state index contributed by atoms with van der Waals surface area (Å²) in [6, 6.07) is 16.1. The molecular weight excluding hydrogens is 441 g/mol. The molecule has 0 atom stereocenters. The predicted molar refractivity (Wildman–Crippen MR) is 123 cm³/mol. The van der Waals surface area contributed by atoms with Gasteiger partial charge in [-0.3, -0.25) is 4.90 Å². The minimum Gasteiger partial charge on any atom is -0.539 e. The highest BCUT2D eigenvalue weighted by Gasteiger charge is 2.31. The van der Waals surface area contributed by atoms with Gasteiger partial charge in [0.05, 0.1) is 45.0 Å². The van der Waals surface area contributed by atoms with E-state index in [0.717, 1.165) is 50.1 Å². The second-order valence-corrected chi connectivity index (χ2v) is 8.59. The summed E-state index contributed by atoms with van der Waals surface area (Å²) >= 11 is 0. The number of quaternary nitrogens is 1. The van der Waals surface area contributed by atoms with Crippen LogP contribution in [0.5, 0.6) is 5.75 Å². The number of carbonyl (C=O) groups is 2. The second-order valence-electron chi connectivity index (χ2n) is 8.59. The van der Waals surface area contributed by atoms with Crippen LogP contribution in [0, 0.1) is 5.82 Å². The van der Waals surface area contributed by atoms with Crippen molar-refractivity contribution >= 4 is 17.6 Å². The molecule has 9 heteroatoms. The van der Waals surface area contributed by atoms with Crippen molar-refractivity contribution in [3.05, 3.63) is 59.9 Å². The summed E-state index contributed by atoms with van der Waals surface area (Å²) in [4.78, 5) is 24.7. The van der Waals surface area contributed by atoms with Gasteiger partial charge in [-0.15, -0.1) is 0 Å². The topological polar surface area (TPSA) is 97.6 Å². The van der Waals surface area contributed by atoms with Crippen molar-refractivity contribution in [2.24, 2.45) is 0 Å². The molecule has 2 aromatic rings. The number of benzene rings is 2. The van der Waals surface area contributed by atoms with E-state index >= 15 is 0 Å². The highest BCUT2D eigenvalue weighted by Crippen LogP contribution is 2.27. The molecule has 0 aliphatic carbocycles. The van der Waals surface area contributed by atoms with Crippen LogP contribution in [-0.4, -0.2) is 74.4 Å². The number of piperidine rings is 1. The molecule has 0 bridgehead atoms.